The summed E-state index contributed by atoms with van der Waals surface area (Å²) < 4.78 is 5.34. The van der Waals surface area contributed by atoms with Gasteiger partial charge in [0.25, 0.3) is 5.91 Å². The number of nitrogens with zero attached hydrogens (tertiary/aromatic N) is 4. The summed E-state index contributed by atoms with van der Waals surface area (Å²) in [4.78, 5) is 27.5. The van der Waals surface area contributed by atoms with Gasteiger partial charge in [-0.05, 0) is 24.3 Å². The molecule has 3 aromatic rings. The Morgan fingerprint density at radius 3 is 2.81 bits per heavy atom. The number of carbonyl (C=O) groups excluding carboxylic acids is 1. The van der Waals surface area contributed by atoms with E-state index >= 15 is 0 Å². The van der Waals surface area contributed by atoms with Crippen molar-refractivity contribution in [2.45, 2.75) is 0 Å². The number of rotatable bonds is 4. The molecule has 132 valence electrons. The lowest BCUT2D eigenvalue weighted by molar-refractivity contribution is 0.102. The molecule has 0 aliphatic carbocycles. The second kappa shape index (κ2) is 7.59. The van der Waals surface area contributed by atoms with Crippen molar-refractivity contribution in [3.63, 3.8) is 0 Å². The standard InChI is InChI=1S/C18H17N5O2S/c24-17(14-3-4-16(20-11-14)23-6-8-25-9-7-23)22-18-21-15(12-26-18)13-2-1-5-19-10-13/h1-5,10-12H,6-9H2,(H,21,22,24). The number of aromatic nitrogens is 3. The first-order valence-electron chi connectivity index (χ1n) is 8.25. The smallest absolute Gasteiger partial charge is 0.259 e. The summed E-state index contributed by atoms with van der Waals surface area (Å²) in [6, 6.07) is 7.43. The van der Waals surface area contributed by atoms with E-state index in [1.807, 2.05) is 23.6 Å². The van der Waals surface area contributed by atoms with Crippen LogP contribution in [-0.2, 0) is 4.74 Å². The zero-order valence-electron chi connectivity index (χ0n) is 14.0. The molecule has 4 heterocycles. The van der Waals surface area contributed by atoms with E-state index in [0.29, 0.717) is 23.9 Å². The second-order valence-corrected chi connectivity index (χ2v) is 6.60. The molecule has 0 unspecified atom stereocenters. The van der Waals surface area contributed by atoms with Crippen LogP contribution in [0.25, 0.3) is 11.3 Å². The maximum atomic E-state index is 12.4. The molecule has 7 nitrogen and oxygen atoms in total. The highest BCUT2D eigenvalue weighted by Gasteiger charge is 2.14. The van der Waals surface area contributed by atoms with Gasteiger partial charge >= 0.3 is 0 Å². The first-order valence-corrected chi connectivity index (χ1v) is 9.13. The Hall–Kier alpha value is -2.84. The molecule has 1 N–H and O–H groups in total. The lowest BCUT2D eigenvalue weighted by Gasteiger charge is -2.27. The number of ether oxygens (including phenoxy) is 1. The van der Waals surface area contributed by atoms with Gasteiger partial charge in [-0.2, -0.15) is 0 Å². The Balaban J connectivity index is 1.42. The van der Waals surface area contributed by atoms with Crippen molar-refractivity contribution in [3.8, 4) is 11.3 Å². The number of thiazole rings is 1. The van der Waals surface area contributed by atoms with Crippen molar-refractivity contribution in [2.75, 3.05) is 36.5 Å². The zero-order chi connectivity index (χ0) is 17.8. The van der Waals surface area contributed by atoms with Gasteiger partial charge in [0, 0.05) is 42.6 Å². The molecule has 4 rings (SSSR count). The normalized spacial score (nSPS) is 14.2. The van der Waals surface area contributed by atoms with Crippen molar-refractivity contribution in [1.82, 2.24) is 15.0 Å². The van der Waals surface area contributed by atoms with Crippen molar-refractivity contribution < 1.29 is 9.53 Å². The molecule has 0 saturated carbocycles. The molecule has 1 aliphatic rings. The topological polar surface area (TPSA) is 80.2 Å². The quantitative estimate of drug-likeness (QED) is 0.764. The molecule has 1 saturated heterocycles. The predicted octanol–water partition coefficient (Wildman–Crippen LogP) is 2.69. The van der Waals surface area contributed by atoms with Crippen LogP contribution in [-0.4, -0.2) is 47.2 Å². The molecule has 0 aromatic carbocycles. The number of amides is 1. The van der Waals surface area contributed by atoms with Gasteiger partial charge in [-0.3, -0.25) is 15.1 Å². The van der Waals surface area contributed by atoms with Crippen molar-refractivity contribution in [1.29, 1.82) is 0 Å². The Morgan fingerprint density at radius 1 is 1.19 bits per heavy atom. The molecule has 0 spiro atoms. The summed E-state index contributed by atoms with van der Waals surface area (Å²) >= 11 is 1.38. The lowest BCUT2D eigenvalue weighted by atomic mass is 10.2. The van der Waals surface area contributed by atoms with E-state index in [9.17, 15) is 4.79 Å². The van der Waals surface area contributed by atoms with E-state index in [1.165, 1.54) is 11.3 Å². The molecule has 0 radical (unpaired) electrons. The first-order chi connectivity index (χ1) is 12.8. The minimum atomic E-state index is -0.224. The highest BCUT2D eigenvalue weighted by atomic mass is 32.1. The minimum Gasteiger partial charge on any atom is -0.378 e. The number of carbonyl (C=O) groups is 1. The molecule has 0 bridgehead atoms. The zero-order valence-corrected chi connectivity index (χ0v) is 14.8. The molecule has 8 heteroatoms. The second-order valence-electron chi connectivity index (χ2n) is 5.74. The summed E-state index contributed by atoms with van der Waals surface area (Å²) in [7, 11) is 0. The van der Waals surface area contributed by atoms with Crippen LogP contribution in [0.3, 0.4) is 0 Å². The Kier molecular flexibility index (Phi) is 4.85. The van der Waals surface area contributed by atoms with E-state index in [0.717, 1.165) is 30.2 Å². The van der Waals surface area contributed by atoms with Crippen LogP contribution in [0.1, 0.15) is 10.4 Å². The van der Waals surface area contributed by atoms with E-state index in [4.69, 9.17) is 4.74 Å². The minimum absolute atomic E-state index is 0.224. The molecule has 3 aromatic heterocycles. The largest absolute Gasteiger partial charge is 0.378 e. The molecule has 26 heavy (non-hydrogen) atoms. The van der Waals surface area contributed by atoms with Crippen LogP contribution < -0.4 is 10.2 Å². The van der Waals surface area contributed by atoms with Crippen LogP contribution in [0.4, 0.5) is 10.9 Å². The SMILES string of the molecule is O=C(Nc1nc(-c2cccnc2)cs1)c1ccc(N2CCOCC2)nc1. The van der Waals surface area contributed by atoms with Gasteiger partial charge in [0.15, 0.2) is 5.13 Å². The Labute approximate surface area is 154 Å². The summed E-state index contributed by atoms with van der Waals surface area (Å²) in [5.74, 6) is 0.635. The number of nitrogens with one attached hydrogen (secondary N) is 1. The Morgan fingerprint density at radius 2 is 2.08 bits per heavy atom. The monoisotopic (exact) mass is 367 g/mol. The molecular formula is C18H17N5O2S. The lowest BCUT2D eigenvalue weighted by Crippen LogP contribution is -2.36. The maximum Gasteiger partial charge on any atom is 0.259 e. The highest BCUT2D eigenvalue weighted by Crippen LogP contribution is 2.24. The Bertz CT molecular complexity index is 876. The van der Waals surface area contributed by atoms with E-state index in [2.05, 4.69) is 25.2 Å². The van der Waals surface area contributed by atoms with Crippen LogP contribution in [0.15, 0.2) is 48.2 Å². The van der Waals surface area contributed by atoms with Crippen LogP contribution in [0.2, 0.25) is 0 Å². The number of anilines is 2. The fourth-order valence-corrected chi connectivity index (χ4v) is 3.36. The average molecular weight is 367 g/mol. The van der Waals surface area contributed by atoms with Crippen LogP contribution in [0, 0.1) is 0 Å². The average Bonchev–Trinajstić information content (AvgIpc) is 3.18. The van der Waals surface area contributed by atoms with Crippen molar-refractivity contribution in [3.05, 3.63) is 53.8 Å². The van der Waals surface area contributed by atoms with E-state index < -0.39 is 0 Å². The van der Waals surface area contributed by atoms with Crippen LogP contribution >= 0.6 is 11.3 Å². The third-order valence-corrected chi connectivity index (χ3v) is 4.78. The predicted molar refractivity (Wildman–Crippen MR) is 101 cm³/mol. The van der Waals surface area contributed by atoms with Gasteiger partial charge < -0.3 is 9.64 Å². The highest BCUT2D eigenvalue weighted by molar-refractivity contribution is 7.14. The number of hydrogen-bond acceptors (Lipinski definition) is 7. The van der Waals surface area contributed by atoms with Gasteiger partial charge in [0.05, 0.1) is 24.5 Å². The van der Waals surface area contributed by atoms with Crippen molar-refractivity contribution >= 4 is 28.2 Å². The van der Waals surface area contributed by atoms with Gasteiger partial charge in [0.2, 0.25) is 0 Å². The van der Waals surface area contributed by atoms with Gasteiger partial charge in [0.1, 0.15) is 5.82 Å². The van der Waals surface area contributed by atoms with Gasteiger partial charge in [-0.25, -0.2) is 9.97 Å². The maximum absolute atomic E-state index is 12.4. The number of morpholine rings is 1. The van der Waals surface area contributed by atoms with Gasteiger partial charge in [-0.1, -0.05) is 0 Å². The summed E-state index contributed by atoms with van der Waals surface area (Å²) in [5, 5.41) is 5.26. The third kappa shape index (κ3) is 3.71. The molecule has 0 atom stereocenters. The van der Waals surface area contributed by atoms with E-state index in [-0.39, 0.29) is 5.91 Å². The fourth-order valence-electron chi connectivity index (χ4n) is 2.65. The summed E-state index contributed by atoms with van der Waals surface area (Å²) in [6.07, 6.45) is 5.05. The van der Waals surface area contributed by atoms with Crippen molar-refractivity contribution in [2.24, 2.45) is 0 Å². The fraction of sp³-hybridized carbons (Fsp3) is 0.222. The van der Waals surface area contributed by atoms with Crippen LogP contribution in [0.5, 0.6) is 0 Å². The molecule has 1 fully saturated rings. The summed E-state index contributed by atoms with van der Waals surface area (Å²) in [5.41, 5.74) is 2.21. The van der Waals surface area contributed by atoms with Gasteiger partial charge in [-0.15, -0.1) is 11.3 Å². The first kappa shape index (κ1) is 16.6. The molecule has 1 amide bonds. The number of hydrogen-bond donors (Lipinski definition) is 1. The molecule has 1 aliphatic heterocycles. The van der Waals surface area contributed by atoms with E-state index in [1.54, 1.807) is 24.7 Å². The summed E-state index contributed by atoms with van der Waals surface area (Å²) in [6.45, 7) is 3.03. The number of pyridine rings is 2. The third-order valence-electron chi connectivity index (χ3n) is 4.03. The molecular weight excluding hydrogens is 350 g/mol.